The van der Waals surface area contributed by atoms with Crippen molar-refractivity contribution in [2.75, 3.05) is 20.1 Å². The number of amides is 1. The van der Waals surface area contributed by atoms with E-state index in [2.05, 4.69) is 27.1 Å². The predicted molar refractivity (Wildman–Crippen MR) is 89.5 cm³/mol. The van der Waals surface area contributed by atoms with Crippen LogP contribution in [0.5, 0.6) is 0 Å². The predicted octanol–water partition coefficient (Wildman–Crippen LogP) is 2.51. The molecule has 3 rings (SSSR count). The summed E-state index contributed by atoms with van der Waals surface area (Å²) >= 11 is 3.24. The average molecular weight is 336 g/mol. The van der Waals surface area contributed by atoms with E-state index in [4.69, 9.17) is 0 Å². The standard InChI is InChI=1S/C15H20N4OS2/c1-15(14-18-8-12(22-14)13(20)16-2)3-5-19(6-4-15)9-11-7-17-10-21-11/h7-8,10H,3-6,9H2,1-2H3,(H,16,20). The van der Waals surface area contributed by atoms with Gasteiger partial charge in [-0.2, -0.15) is 0 Å². The lowest BCUT2D eigenvalue weighted by Crippen LogP contribution is -2.40. The molecule has 7 heteroatoms. The fourth-order valence-electron chi connectivity index (χ4n) is 2.74. The van der Waals surface area contributed by atoms with Gasteiger partial charge in [-0.3, -0.25) is 14.7 Å². The molecule has 0 aliphatic carbocycles. The maximum Gasteiger partial charge on any atom is 0.262 e. The van der Waals surface area contributed by atoms with Gasteiger partial charge in [0.2, 0.25) is 0 Å². The van der Waals surface area contributed by atoms with Crippen molar-refractivity contribution >= 4 is 28.6 Å². The van der Waals surface area contributed by atoms with Crippen LogP contribution in [0.2, 0.25) is 0 Å². The van der Waals surface area contributed by atoms with E-state index in [1.54, 1.807) is 24.6 Å². The molecule has 0 aromatic carbocycles. The molecule has 3 heterocycles. The summed E-state index contributed by atoms with van der Waals surface area (Å²) in [5.74, 6) is -0.0463. The smallest absolute Gasteiger partial charge is 0.262 e. The minimum Gasteiger partial charge on any atom is -0.354 e. The van der Waals surface area contributed by atoms with Crippen LogP contribution in [-0.2, 0) is 12.0 Å². The second-order valence-corrected chi connectivity index (χ2v) is 7.91. The zero-order valence-corrected chi connectivity index (χ0v) is 14.5. The molecule has 2 aromatic rings. The topological polar surface area (TPSA) is 58.1 Å². The molecule has 118 valence electrons. The lowest BCUT2D eigenvalue weighted by molar-refractivity contribution is 0.0967. The summed E-state index contributed by atoms with van der Waals surface area (Å²) in [5.41, 5.74) is 1.97. The summed E-state index contributed by atoms with van der Waals surface area (Å²) in [6.45, 7) is 5.37. The highest BCUT2D eigenvalue weighted by Crippen LogP contribution is 2.37. The molecule has 0 saturated carbocycles. The minimum atomic E-state index is -0.0463. The van der Waals surface area contributed by atoms with Crippen LogP contribution < -0.4 is 5.32 Å². The van der Waals surface area contributed by atoms with Crippen molar-refractivity contribution < 1.29 is 4.79 Å². The minimum absolute atomic E-state index is 0.0463. The van der Waals surface area contributed by atoms with Crippen LogP contribution in [0.3, 0.4) is 0 Å². The second-order valence-electron chi connectivity index (χ2n) is 5.91. The second kappa shape index (κ2) is 6.44. The monoisotopic (exact) mass is 336 g/mol. The first kappa shape index (κ1) is 15.6. The van der Waals surface area contributed by atoms with Gasteiger partial charge in [-0.05, 0) is 25.9 Å². The van der Waals surface area contributed by atoms with Crippen molar-refractivity contribution in [3.05, 3.63) is 32.7 Å². The third-order valence-electron chi connectivity index (χ3n) is 4.30. The number of aromatic nitrogens is 2. The Kier molecular flexibility index (Phi) is 4.56. The third kappa shape index (κ3) is 3.21. The number of hydrogen-bond donors (Lipinski definition) is 1. The summed E-state index contributed by atoms with van der Waals surface area (Å²) in [6, 6.07) is 0. The van der Waals surface area contributed by atoms with Gasteiger partial charge in [0.25, 0.3) is 5.91 Å². The first-order valence-electron chi connectivity index (χ1n) is 7.39. The van der Waals surface area contributed by atoms with E-state index in [1.165, 1.54) is 16.2 Å². The Morgan fingerprint density at radius 1 is 1.41 bits per heavy atom. The van der Waals surface area contributed by atoms with Crippen molar-refractivity contribution in [1.29, 1.82) is 0 Å². The first-order valence-corrected chi connectivity index (χ1v) is 9.08. The summed E-state index contributed by atoms with van der Waals surface area (Å²) in [7, 11) is 1.65. The zero-order valence-electron chi connectivity index (χ0n) is 12.8. The summed E-state index contributed by atoms with van der Waals surface area (Å²) in [6.07, 6.45) is 5.81. The van der Waals surface area contributed by atoms with Crippen LogP contribution in [0.1, 0.15) is 39.3 Å². The maximum atomic E-state index is 11.7. The van der Waals surface area contributed by atoms with Crippen LogP contribution >= 0.6 is 22.7 Å². The number of nitrogens with zero attached hydrogens (tertiary/aromatic N) is 3. The van der Waals surface area contributed by atoms with Crippen LogP contribution in [-0.4, -0.2) is 40.9 Å². The Labute approximate surface area is 138 Å². The van der Waals surface area contributed by atoms with Gasteiger partial charge >= 0.3 is 0 Å². The van der Waals surface area contributed by atoms with Crippen LogP contribution in [0, 0.1) is 0 Å². The number of rotatable bonds is 4. The third-order valence-corrected chi connectivity index (χ3v) is 6.36. The van der Waals surface area contributed by atoms with E-state index in [0.29, 0.717) is 4.88 Å². The van der Waals surface area contributed by atoms with Gasteiger partial charge in [-0.1, -0.05) is 6.92 Å². The van der Waals surface area contributed by atoms with Gasteiger partial charge in [0.15, 0.2) is 0 Å². The molecule has 1 N–H and O–H groups in total. The van der Waals surface area contributed by atoms with Gasteiger partial charge in [0.1, 0.15) is 4.88 Å². The van der Waals surface area contributed by atoms with E-state index < -0.39 is 0 Å². The largest absolute Gasteiger partial charge is 0.354 e. The van der Waals surface area contributed by atoms with E-state index in [1.807, 2.05) is 11.7 Å². The van der Waals surface area contributed by atoms with Gasteiger partial charge < -0.3 is 5.32 Å². The van der Waals surface area contributed by atoms with Crippen molar-refractivity contribution in [2.24, 2.45) is 0 Å². The molecular weight excluding hydrogens is 316 g/mol. The highest BCUT2D eigenvalue weighted by molar-refractivity contribution is 7.13. The maximum absolute atomic E-state index is 11.7. The van der Waals surface area contributed by atoms with Crippen LogP contribution in [0.4, 0.5) is 0 Å². The number of piperidine rings is 1. The normalized spacial score (nSPS) is 18.3. The van der Waals surface area contributed by atoms with E-state index in [9.17, 15) is 4.79 Å². The molecule has 1 aliphatic heterocycles. The molecule has 0 spiro atoms. The van der Waals surface area contributed by atoms with Gasteiger partial charge in [0.05, 0.1) is 16.7 Å². The number of hydrogen-bond acceptors (Lipinski definition) is 6. The molecular formula is C15H20N4OS2. The van der Waals surface area contributed by atoms with Gasteiger partial charge in [0, 0.05) is 30.1 Å². The number of likely N-dealkylation sites (tertiary alicyclic amines) is 1. The van der Waals surface area contributed by atoms with Crippen molar-refractivity contribution in [3.63, 3.8) is 0 Å². The van der Waals surface area contributed by atoms with E-state index in [-0.39, 0.29) is 11.3 Å². The molecule has 1 fully saturated rings. The van der Waals surface area contributed by atoms with Crippen LogP contribution in [0.25, 0.3) is 0 Å². The van der Waals surface area contributed by atoms with Crippen molar-refractivity contribution in [1.82, 2.24) is 20.2 Å². The zero-order chi connectivity index (χ0) is 15.6. The number of carbonyl (C=O) groups is 1. The molecule has 22 heavy (non-hydrogen) atoms. The average Bonchev–Trinajstić information content (AvgIpc) is 3.20. The number of nitrogens with one attached hydrogen (secondary N) is 1. The molecule has 5 nitrogen and oxygen atoms in total. The van der Waals surface area contributed by atoms with Gasteiger partial charge in [-0.25, -0.2) is 4.98 Å². The van der Waals surface area contributed by atoms with E-state index >= 15 is 0 Å². The Balaban J connectivity index is 1.63. The van der Waals surface area contributed by atoms with Crippen molar-refractivity contribution in [3.8, 4) is 0 Å². The summed E-state index contributed by atoms with van der Waals surface area (Å²) in [5, 5.41) is 3.75. The lowest BCUT2D eigenvalue weighted by Gasteiger charge is -2.37. The quantitative estimate of drug-likeness (QED) is 0.932. The molecule has 0 atom stereocenters. The fourth-order valence-corrected chi connectivity index (χ4v) is 4.44. The van der Waals surface area contributed by atoms with E-state index in [0.717, 1.165) is 37.5 Å². The SMILES string of the molecule is CNC(=O)c1cnc(C2(C)CCN(Cc3cncs3)CC2)s1. The Morgan fingerprint density at radius 2 is 2.18 bits per heavy atom. The summed E-state index contributed by atoms with van der Waals surface area (Å²) in [4.78, 5) is 24.8. The van der Waals surface area contributed by atoms with Crippen LogP contribution in [0.15, 0.2) is 17.9 Å². The Bertz CT molecular complexity index is 630. The lowest BCUT2D eigenvalue weighted by atomic mass is 9.81. The molecule has 0 bridgehead atoms. The highest BCUT2D eigenvalue weighted by atomic mass is 32.1. The number of thiazole rings is 2. The molecule has 1 saturated heterocycles. The Hall–Kier alpha value is -1.31. The molecule has 0 unspecified atom stereocenters. The fraction of sp³-hybridized carbons (Fsp3) is 0.533. The number of carbonyl (C=O) groups excluding carboxylic acids is 1. The van der Waals surface area contributed by atoms with Crippen molar-refractivity contribution in [2.45, 2.75) is 31.7 Å². The first-order chi connectivity index (χ1) is 10.6. The molecule has 0 radical (unpaired) electrons. The van der Waals surface area contributed by atoms with Gasteiger partial charge in [-0.15, -0.1) is 22.7 Å². The summed E-state index contributed by atoms with van der Waals surface area (Å²) < 4.78 is 0. The molecule has 1 amide bonds. The molecule has 1 aliphatic rings. The highest BCUT2D eigenvalue weighted by Gasteiger charge is 2.34. The molecule has 2 aromatic heterocycles. The Morgan fingerprint density at radius 3 is 2.82 bits per heavy atom.